The first-order valence-electron chi connectivity index (χ1n) is 4.81. The standard InChI is InChI=1S/C9H12N4O4/c14-5-2-6(7(15)16)12-9(17)13-8-10-3-1-4-11-8/h1,3-4,6,14H,2,5H2,(H,15,16)(H2,10,11,12,13,17)/t6-/m1/s1. The molecule has 92 valence electrons. The van der Waals surface area contributed by atoms with E-state index in [0.717, 1.165) is 0 Å². The Kier molecular flexibility index (Phi) is 4.82. The summed E-state index contributed by atoms with van der Waals surface area (Å²) in [5, 5.41) is 21.8. The van der Waals surface area contributed by atoms with Crippen molar-refractivity contribution in [2.24, 2.45) is 0 Å². The highest BCUT2D eigenvalue weighted by Crippen LogP contribution is 1.96. The molecule has 0 saturated carbocycles. The molecule has 1 rings (SSSR count). The molecule has 8 nitrogen and oxygen atoms in total. The molecule has 0 unspecified atom stereocenters. The quantitative estimate of drug-likeness (QED) is 0.546. The van der Waals surface area contributed by atoms with E-state index in [0.29, 0.717) is 0 Å². The van der Waals surface area contributed by atoms with Crippen LogP contribution in [0, 0.1) is 0 Å². The number of amides is 2. The first kappa shape index (κ1) is 12.8. The van der Waals surface area contributed by atoms with Gasteiger partial charge in [0.25, 0.3) is 0 Å². The maximum absolute atomic E-state index is 11.4. The Labute approximate surface area is 96.7 Å². The number of hydrogen-bond donors (Lipinski definition) is 4. The number of urea groups is 1. The Hall–Kier alpha value is -2.22. The second-order valence-corrected chi connectivity index (χ2v) is 3.07. The number of carboxylic acid groups (broad SMARTS) is 1. The molecule has 0 saturated heterocycles. The zero-order valence-electron chi connectivity index (χ0n) is 8.83. The molecule has 0 aromatic carbocycles. The molecule has 4 N–H and O–H groups in total. The summed E-state index contributed by atoms with van der Waals surface area (Å²) in [6.45, 7) is -0.334. The van der Waals surface area contributed by atoms with Gasteiger partial charge in [-0.15, -0.1) is 0 Å². The second-order valence-electron chi connectivity index (χ2n) is 3.07. The third-order valence-electron chi connectivity index (χ3n) is 1.81. The van der Waals surface area contributed by atoms with Gasteiger partial charge >= 0.3 is 12.0 Å². The van der Waals surface area contributed by atoms with Gasteiger partial charge in [0.1, 0.15) is 6.04 Å². The van der Waals surface area contributed by atoms with E-state index in [4.69, 9.17) is 10.2 Å². The number of aliphatic hydroxyl groups excluding tert-OH is 1. The highest BCUT2D eigenvalue weighted by Gasteiger charge is 2.19. The van der Waals surface area contributed by atoms with Gasteiger partial charge in [0.05, 0.1) is 0 Å². The van der Waals surface area contributed by atoms with Crippen molar-refractivity contribution in [3.63, 3.8) is 0 Å². The third kappa shape index (κ3) is 4.43. The fourth-order valence-electron chi connectivity index (χ4n) is 1.05. The summed E-state index contributed by atoms with van der Waals surface area (Å²) >= 11 is 0. The summed E-state index contributed by atoms with van der Waals surface area (Å²) in [5.41, 5.74) is 0. The predicted molar refractivity (Wildman–Crippen MR) is 57.3 cm³/mol. The van der Waals surface area contributed by atoms with Crippen LogP contribution in [-0.2, 0) is 4.79 Å². The molecule has 8 heteroatoms. The number of aliphatic carboxylic acids is 1. The maximum Gasteiger partial charge on any atom is 0.326 e. The van der Waals surface area contributed by atoms with Crippen LogP contribution in [0.3, 0.4) is 0 Å². The van der Waals surface area contributed by atoms with E-state index in [9.17, 15) is 9.59 Å². The van der Waals surface area contributed by atoms with Crippen LogP contribution in [0.1, 0.15) is 6.42 Å². The van der Waals surface area contributed by atoms with E-state index in [1.165, 1.54) is 12.4 Å². The summed E-state index contributed by atoms with van der Waals surface area (Å²) < 4.78 is 0. The van der Waals surface area contributed by atoms with Crippen LogP contribution in [0.15, 0.2) is 18.5 Å². The summed E-state index contributed by atoms with van der Waals surface area (Å²) in [6, 6.07) is -0.310. The zero-order valence-corrected chi connectivity index (χ0v) is 8.83. The molecule has 0 spiro atoms. The molecule has 1 aromatic heterocycles. The smallest absolute Gasteiger partial charge is 0.326 e. The molecule has 1 heterocycles. The molecule has 1 atom stereocenters. The third-order valence-corrected chi connectivity index (χ3v) is 1.81. The van der Waals surface area contributed by atoms with E-state index < -0.39 is 18.0 Å². The molecule has 0 aliphatic rings. The van der Waals surface area contributed by atoms with Crippen LogP contribution in [0.5, 0.6) is 0 Å². The molecule has 0 aliphatic carbocycles. The first-order chi connectivity index (χ1) is 8.13. The number of nitrogens with zero attached hydrogens (tertiary/aromatic N) is 2. The molecule has 0 bridgehead atoms. The Morgan fingerprint density at radius 3 is 2.53 bits per heavy atom. The van der Waals surface area contributed by atoms with E-state index in [1.807, 2.05) is 0 Å². The van der Waals surface area contributed by atoms with E-state index in [-0.39, 0.29) is 19.0 Å². The fourth-order valence-corrected chi connectivity index (χ4v) is 1.05. The van der Waals surface area contributed by atoms with E-state index in [2.05, 4.69) is 20.6 Å². The number of rotatable bonds is 5. The van der Waals surface area contributed by atoms with Gasteiger partial charge in [-0.2, -0.15) is 0 Å². The molecule has 0 radical (unpaired) electrons. The Bertz CT molecular complexity index is 384. The van der Waals surface area contributed by atoms with Crippen molar-refractivity contribution in [1.82, 2.24) is 15.3 Å². The van der Waals surface area contributed by atoms with Gasteiger partial charge in [-0.25, -0.2) is 19.6 Å². The Morgan fingerprint density at radius 1 is 1.35 bits per heavy atom. The van der Waals surface area contributed by atoms with Crippen molar-refractivity contribution in [3.8, 4) is 0 Å². The Morgan fingerprint density at radius 2 is 2.00 bits per heavy atom. The van der Waals surface area contributed by atoms with Gasteiger partial charge in [-0.1, -0.05) is 0 Å². The lowest BCUT2D eigenvalue weighted by Crippen LogP contribution is -2.43. The molecule has 0 fully saturated rings. The highest BCUT2D eigenvalue weighted by molar-refractivity contribution is 5.90. The average Bonchev–Trinajstić information content (AvgIpc) is 2.29. The van der Waals surface area contributed by atoms with E-state index in [1.54, 1.807) is 6.07 Å². The maximum atomic E-state index is 11.4. The monoisotopic (exact) mass is 240 g/mol. The largest absolute Gasteiger partial charge is 0.480 e. The van der Waals surface area contributed by atoms with Crippen molar-refractivity contribution >= 4 is 17.9 Å². The van der Waals surface area contributed by atoms with Crippen LogP contribution in [0.25, 0.3) is 0 Å². The number of carbonyl (C=O) groups is 2. The minimum atomic E-state index is -1.22. The zero-order chi connectivity index (χ0) is 12.7. The van der Waals surface area contributed by atoms with Crippen molar-refractivity contribution in [2.75, 3.05) is 11.9 Å². The summed E-state index contributed by atoms with van der Waals surface area (Å²) in [4.78, 5) is 29.5. The number of carbonyl (C=O) groups excluding carboxylic acids is 1. The van der Waals surface area contributed by atoms with Gasteiger partial charge < -0.3 is 15.5 Å². The number of nitrogens with one attached hydrogen (secondary N) is 2. The lowest BCUT2D eigenvalue weighted by Gasteiger charge is -2.13. The van der Waals surface area contributed by atoms with Crippen molar-refractivity contribution in [1.29, 1.82) is 0 Å². The van der Waals surface area contributed by atoms with Gasteiger partial charge in [-0.3, -0.25) is 5.32 Å². The summed E-state index contributed by atoms with van der Waals surface area (Å²) in [7, 11) is 0. The van der Waals surface area contributed by atoms with Crippen LogP contribution in [0.4, 0.5) is 10.7 Å². The summed E-state index contributed by atoms with van der Waals surface area (Å²) in [6.07, 6.45) is 2.80. The Balaban J connectivity index is 2.51. The van der Waals surface area contributed by atoms with Gasteiger partial charge in [0, 0.05) is 25.4 Å². The van der Waals surface area contributed by atoms with Crippen LogP contribution in [-0.4, -0.2) is 44.8 Å². The summed E-state index contributed by atoms with van der Waals surface area (Å²) in [5.74, 6) is -1.15. The first-order valence-corrected chi connectivity index (χ1v) is 4.81. The number of hydrogen-bond acceptors (Lipinski definition) is 5. The van der Waals surface area contributed by atoms with Crippen molar-refractivity contribution in [2.45, 2.75) is 12.5 Å². The number of aromatic nitrogens is 2. The average molecular weight is 240 g/mol. The molecule has 2 amide bonds. The molecule has 0 aliphatic heterocycles. The molecular weight excluding hydrogens is 228 g/mol. The van der Waals surface area contributed by atoms with Gasteiger partial charge in [0.2, 0.25) is 5.95 Å². The number of carboxylic acids is 1. The van der Waals surface area contributed by atoms with E-state index >= 15 is 0 Å². The number of aliphatic hydroxyl groups is 1. The second kappa shape index (κ2) is 6.38. The fraction of sp³-hybridized carbons (Fsp3) is 0.333. The minimum absolute atomic E-state index is 0.0677. The van der Waals surface area contributed by atoms with Crippen LogP contribution in [0.2, 0.25) is 0 Å². The number of anilines is 1. The topological polar surface area (TPSA) is 124 Å². The molecule has 1 aromatic rings. The minimum Gasteiger partial charge on any atom is -0.480 e. The van der Waals surface area contributed by atoms with Gasteiger partial charge in [0.15, 0.2) is 0 Å². The predicted octanol–water partition coefficient (Wildman–Crippen LogP) is -0.566. The molecule has 17 heavy (non-hydrogen) atoms. The lowest BCUT2D eigenvalue weighted by atomic mass is 10.2. The van der Waals surface area contributed by atoms with Crippen molar-refractivity contribution < 1.29 is 19.8 Å². The van der Waals surface area contributed by atoms with Gasteiger partial charge in [-0.05, 0) is 6.07 Å². The normalized spacial score (nSPS) is 11.6. The SMILES string of the molecule is O=C(Nc1ncccn1)N[C@H](CCO)C(=O)O. The van der Waals surface area contributed by atoms with Crippen molar-refractivity contribution in [3.05, 3.63) is 18.5 Å². The molecular formula is C9H12N4O4. The lowest BCUT2D eigenvalue weighted by molar-refractivity contribution is -0.139. The van der Waals surface area contributed by atoms with Crippen LogP contribution < -0.4 is 10.6 Å². The highest BCUT2D eigenvalue weighted by atomic mass is 16.4. The van der Waals surface area contributed by atoms with Crippen LogP contribution >= 0.6 is 0 Å².